The summed E-state index contributed by atoms with van der Waals surface area (Å²) in [7, 11) is 2.98. The molecule has 342 valence electrons. The summed E-state index contributed by atoms with van der Waals surface area (Å²) >= 11 is 1.55. The zero-order valence-electron chi connectivity index (χ0n) is 38.1. The van der Waals surface area contributed by atoms with Crippen LogP contribution in [0.5, 0.6) is 0 Å². The Kier molecular flexibility index (Phi) is 17.4. The van der Waals surface area contributed by atoms with Crippen LogP contribution in [0, 0.1) is 5.41 Å². The molecule has 0 aliphatic carbocycles. The summed E-state index contributed by atoms with van der Waals surface area (Å²) < 4.78 is 30.6. The van der Waals surface area contributed by atoms with Crippen molar-refractivity contribution >= 4 is 57.5 Å². The molecule has 4 heterocycles. The molecule has 2 fully saturated rings. The Bertz CT molecular complexity index is 2000. The van der Waals surface area contributed by atoms with Gasteiger partial charge in [0.05, 0.1) is 48.4 Å². The summed E-state index contributed by atoms with van der Waals surface area (Å²) in [5.74, 6) is -0.230. The van der Waals surface area contributed by atoms with Gasteiger partial charge in [-0.05, 0) is 95.4 Å². The van der Waals surface area contributed by atoms with Crippen LogP contribution in [0.25, 0.3) is 16.5 Å². The van der Waals surface area contributed by atoms with E-state index < -0.39 is 41.1 Å². The van der Waals surface area contributed by atoms with Crippen molar-refractivity contribution < 1.29 is 43.2 Å². The molecule has 2 aromatic rings. The first-order chi connectivity index (χ1) is 29.5. The predicted octanol–water partition coefficient (Wildman–Crippen LogP) is 6.56. The number of aromatic nitrogens is 1. The van der Waals surface area contributed by atoms with Gasteiger partial charge in [-0.1, -0.05) is 32.6 Å². The lowest BCUT2D eigenvalue weighted by atomic mass is 9.84. The first-order valence-electron chi connectivity index (χ1n) is 21.7. The van der Waals surface area contributed by atoms with E-state index >= 15 is 0 Å². The Balaban J connectivity index is 1.56. The number of hydrazine groups is 1. The third kappa shape index (κ3) is 12.6. The molecule has 2 amide bonds. The van der Waals surface area contributed by atoms with Crippen molar-refractivity contribution in [3.05, 3.63) is 53.4 Å². The molecule has 3 N–H and O–H groups in total. The van der Waals surface area contributed by atoms with Gasteiger partial charge in [-0.2, -0.15) is 0 Å². The van der Waals surface area contributed by atoms with Crippen LogP contribution in [0.4, 0.5) is 4.79 Å². The van der Waals surface area contributed by atoms with Gasteiger partial charge in [0, 0.05) is 74.9 Å². The number of methoxy groups -OCH3 is 2. The second-order valence-corrected chi connectivity index (χ2v) is 18.9. The SMILES string of the molecule is C=C/C(=C(\N=CC)[C@H](C)OC)c1c(CC(C)(C)CO)c2cc(C3CSC(C[C@H](NC(=O)OC(C)(C)C)C(=O)N4CCC[C@@H](C(=O)OC)N4)=N3)ccc2n1CCOC1CCOCC1. The molecule has 15 nitrogen and oxygen atoms in total. The normalized spacial score (nSPS) is 20.5. The van der Waals surface area contributed by atoms with E-state index in [-0.39, 0.29) is 31.3 Å². The number of aliphatic imine (C=N–C) groups is 2. The van der Waals surface area contributed by atoms with Gasteiger partial charge >= 0.3 is 12.1 Å². The number of alkyl carbamates (subject to hydrolysis) is 1. The van der Waals surface area contributed by atoms with Gasteiger partial charge in [-0.15, -0.1) is 11.8 Å². The molecule has 1 unspecified atom stereocenters. The van der Waals surface area contributed by atoms with Crippen LogP contribution in [0.1, 0.15) is 103 Å². The van der Waals surface area contributed by atoms with Crippen molar-refractivity contribution in [3.63, 3.8) is 0 Å². The summed E-state index contributed by atoms with van der Waals surface area (Å²) in [6.07, 6.45) is 6.21. The molecule has 0 spiro atoms. The molecule has 0 saturated carbocycles. The lowest BCUT2D eigenvalue weighted by molar-refractivity contribution is -0.150. The number of amides is 2. The highest BCUT2D eigenvalue weighted by atomic mass is 32.2. The summed E-state index contributed by atoms with van der Waals surface area (Å²) in [4.78, 5) is 49.5. The van der Waals surface area contributed by atoms with Crippen LogP contribution >= 0.6 is 11.8 Å². The predicted molar refractivity (Wildman–Crippen MR) is 244 cm³/mol. The third-order valence-electron chi connectivity index (χ3n) is 11.3. The van der Waals surface area contributed by atoms with Crippen molar-refractivity contribution in [2.24, 2.45) is 15.4 Å². The summed E-state index contributed by atoms with van der Waals surface area (Å²) in [6, 6.07) is 4.52. The molecule has 3 aliphatic rings. The topological polar surface area (TPSA) is 175 Å². The zero-order valence-corrected chi connectivity index (χ0v) is 38.9. The monoisotopic (exact) mass is 880 g/mol. The van der Waals surface area contributed by atoms with Crippen molar-refractivity contribution in [3.8, 4) is 0 Å². The molecule has 16 heteroatoms. The molecular weight excluding hydrogens is 813 g/mol. The smallest absolute Gasteiger partial charge is 0.408 e. The van der Waals surface area contributed by atoms with Crippen molar-refractivity contribution in [2.75, 3.05) is 52.9 Å². The molecule has 1 aromatic heterocycles. The van der Waals surface area contributed by atoms with E-state index in [1.54, 1.807) is 45.9 Å². The van der Waals surface area contributed by atoms with Gasteiger partial charge in [0.25, 0.3) is 5.91 Å². The number of carbonyl (C=O) groups is 3. The summed E-state index contributed by atoms with van der Waals surface area (Å²) in [6.45, 7) is 20.3. The number of aliphatic hydroxyl groups is 1. The Morgan fingerprint density at radius 2 is 1.90 bits per heavy atom. The van der Waals surface area contributed by atoms with E-state index in [0.717, 1.165) is 51.8 Å². The Hall–Kier alpha value is -4.06. The van der Waals surface area contributed by atoms with Crippen molar-refractivity contribution in [1.82, 2.24) is 20.3 Å². The summed E-state index contributed by atoms with van der Waals surface area (Å²) in [5.41, 5.74) is 7.34. The largest absolute Gasteiger partial charge is 0.468 e. The van der Waals surface area contributed by atoms with Crippen molar-refractivity contribution in [1.29, 1.82) is 0 Å². The van der Waals surface area contributed by atoms with Crippen LogP contribution in [0.2, 0.25) is 0 Å². The van der Waals surface area contributed by atoms with E-state index in [1.165, 1.54) is 12.1 Å². The number of nitrogens with one attached hydrogen (secondary N) is 2. The minimum absolute atomic E-state index is 0.0202. The minimum Gasteiger partial charge on any atom is -0.468 e. The first-order valence-corrected chi connectivity index (χ1v) is 22.7. The summed E-state index contributed by atoms with van der Waals surface area (Å²) in [5, 5.41) is 16.5. The van der Waals surface area contributed by atoms with Gasteiger partial charge in [0.15, 0.2) is 0 Å². The van der Waals surface area contributed by atoms with Gasteiger partial charge in [-0.3, -0.25) is 24.6 Å². The molecule has 1 aromatic carbocycles. The molecule has 0 radical (unpaired) electrons. The maximum absolute atomic E-state index is 14.1. The average molecular weight is 881 g/mol. The standard InChI is InChI=1S/C46H68N6O9S/c1-11-32(40(47-12-2)29(3)57-9)41-34(26-46(7,8)28-53)33-24-30(15-16-38(33)51(41)20-23-60-31-17-21-59-22-18-31)37-27-62-39(48-37)25-36(49-44(56)61-45(4,5)6)42(54)52-19-13-14-35(50-52)43(55)58-10/h11-12,15-16,24,29,31,35-37,50,53H,1,13-14,17-23,25-28H2,2-10H3,(H,49,56)/b40-32+,47-12?/t29-,35-,36-,37?/m0/s1. The molecule has 62 heavy (non-hydrogen) atoms. The van der Waals surface area contributed by atoms with Crippen LogP contribution < -0.4 is 10.7 Å². The van der Waals surface area contributed by atoms with Crippen LogP contribution in [0.3, 0.4) is 0 Å². The number of aliphatic hydroxyl groups excluding tert-OH is 1. The molecular formula is C46H68N6O9S. The fourth-order valence-electron chi connectivity index (χ4n) is 8.00. The first kappa shape index (κ1) is 49.0. The number of esters is 1. The number of thioether (sulfide) groups is 1. The molecule has 3 aliphatic heterocycles. The minimum atomic E-state index is -1.01. The number of carbonyl (C=O) groups excluding carboxylic acids is 3. The molecule has 4 atom stereocenters. The van der Waals surface area contributed by atoms with Crippen molar-refractivity contribution in [2.45, 2.75) is 129 Å². The van der Waals surface area contributed by atoms with E-state index in [0.29, 0.717) is 63.0 Å². The number of nitrogens with zero attached hydrogens (tertiary/aromatic N) is 4. The number of hydrogen-bond acceptors (Lipinski definition) is 13. The maximum atomic E-state index is 14.1. The van der Waals surface area contributed by atoms with Gasteiger partial charge in [0.2, 0.25) is 0 Å². The fraction of sp³-hybridized carbons (Fsp3) is 0.630. The Labute approximate surface area is 371 Å². The Morgan fingerprint density at radius 3 is 2.55 bits per heavy atom. The lowest BCUT2D eigenvalue weighted by Crippen LogP contribution is -2.60. The average Bonchev–Trinajstić information content (AvgIpc) is 3.84. The Morgan fingerprint density at radius 1 is 1.16 bits per heavy atom. The van der Waals surface area contributed by atoms with E-state index in [9.17, 15) is 19.5 Å². The number of ether oxygens (including phenoxy) is 5. The second kappa shape index (κ2) is 22.0. The molecule has 2 saturated heterocycles. The van der Waals surface area contributed by atoms with E-state index in [2.05, 4.69) is 53.9 Å². The highest BCUT2D eigenvalue weighted by molar-refractivity contribution is 8.14. The van der Waals surface area contributed by atoms with Crippen LogP contribution in [-0.2, 0) is 46.2 Å². The quantitative estimate of drug-likeness (QED) is 0.0841. The van der Waals surface area contributed by atoms with E-state index in [4.69, 9.17) is 33.7 Å². The molecule has 5 rings (SSSR count). The molecule has 0 bridgehead atoms. The zero-order chi connectivity index (χ0) is 45.2. The highest BCUT2D eigenvalue weighted by Gasteiger charge is 2.36. The lowest BCUT2D eigenvalue weighted by Gasteiger charge is -2.35. The highest BCUT2D eigenvalue weighted by Crippen LogP contribution is 2.41. The maximum Gasteiger partial charge on any atom is 0.408 e. The number of fused-ring (bicyclic) bond motifs is 1. The number of hydrogen-bond donors (Lipinski definition) is 3. The second-order valence-electron chi connectivity index (χ2n) is 17.8. The fourth-order valence-corrected chi connectivity index (χ4v) is 9.10. The number of rotatable bonds is 18. The number of benzene rings is 1. The van der Waals surface area contributed by atoms with Gasteiger partial charge in [-0.25, -0.2) is 10.2 Å². The number of allylic oxidation sites excluding steroid dienone is 2. The van der Waals surface area contributed by atoms with Crippen LogP contribution in [-0.4, -0.2) is 127 Å². The van der Waals surface area contributed by atoms with Gasteiger partial charge in [0.1, 0.15) is 17.7 Å². The van der Waals surface area contributed by atoms with E-state index in [1.807, 2.05) is 19.9 Å². The van der Waals surface area contributed by atoms with Crippen LogP contribution in [0.15, 0.2) is 46.5 Å². The third-order valence-corrected chi connectivity index (χ3v) is 12.3. The van der Waals surface area contributed by atoms with Gasteiger partial charge < -0.3 is 38.7 Å².